The second kappa shape index (κ2) is 9.24. The van der Waals surface area contributed by atoms with E-state index in [1.54, 1.807) is 4.52 Å². The number of hydrogen-bond acceptors (Lipinski definition) is 6. The van der Waals surface area contributed by atoms with Crippen molar-refractivity contribution in [2.45, 2.75) is 69.5 Å². The van der Waals surface area contributed by atoms with Crippen molar-refractivity contribution in [3.05, 3.63) is 23.3 Å². The molecule has 2 aliphatic carbocycles. The Morgan fingerprint density at radius 2 is 1.81 bits per heavy atom. The molecular weight excluding hydrogens is 473 g/mol. The number of piperidine rings is 1. The van der Waals surface area contributed by atoms with Gasteiger partial charge in [-0.15, -0.1) is 0 Å². The van der Waals surface area contributed by atoms with Gasteiger partial charge in [0.05, 0.1) is 35.2 Å². The van der Waals surface area contributed by atoms with Gasteiger partial charge in [0, 0.05) is 38.0 Å². The molecule has 11 heteroatoms. The zero-order valence-corrected chi connectivity index (χ0v) is 20.2. The van der Waals surface area contributed by atoms with Gasteiger partial charge in [-0.25, -0.2) is 14.5 Å². The maximum absolute atomic E-state index is 13.4. The lowest BCUT2D eigenvalue weighted by Crippen LogP contribution is -2.47. The van der Waals surface area contributed by atoms with Gasteiger partial charge in [0.25, 0.3) is 5.78 Å². The van der Waals surface area contributed by atoms with Gasteiger partial charge in [-0.2, -0.15) is 18.3 Å². The summed E-state index contributed by atoms with van der Waals surface area (Å²) in [7, 11) is 0. The Bertz CT molecular complexity index is 1110. The average Bonchev–Trinajstić information content (AvgIpc) is 3.79. The summed E-state index contributed by atoms with van der Waals surface area (Å²) in [4.78, 5) is 22.2. The molecule has 3 atom stereocenters. The fraction of sp³-hybridized carbons (Fsp3) is 0.760. The summed E-state index contributed by atoms with van der Waals surface area (Å²) in [6, 6.07) is -0.180. The summed E-state index contributed by atoms with van der Waals surface area (Å²) in [5, 5.41) is 7.23. The van der Waals surface area contributed by atoms with Crippen LogP contribution in [0.1, 0.15) is 74.0 Å². The lowest BCUT2D eigenvalue weighted by Gasteiger charge is -2.31. The van der Waals surface area contributed by atoms with Crippen LogP contribution in [0, 0.1) is 29.6 Å². The molecule has 4 heterocycles. The first-order valence-corrected chi connectivity index (χ1v) is 13.2. The van der Waals surface area contributed by atoms with E-state index in [0.29, 0.717) is 42.4 Å². The molecule has 0 spiro atoms. The second-order valence-electron chi connectivity index (χ2n) is 11.1. The molecule has 8 nitrogen and oxygen atoms in total. The highest BCUT2D eigenvalue weighted by molar-refractivity contribution is 5.79. The average molecular weight is 507 g/mol. The monoisotopic (exact) mass is 506 g/mol. The Kier molecular flexibility index (Phi) is 6.18. The highest BCUT2D eigenvalue weighted by Gasteiger charge is 2.46. The number of nitrogens with one attached hydrogen (secondary N) is 1. The number of carbonyl (C=O) groups excluding carboxylic acids is 1. The summed E-state index contributed by atoms with van der Waals surface area (Å²) >= 11 is 0. The van der Waals surface area contributed by atoms with Crippen LogP contribution in [0.3, 0.4) is 0 Å². The van der Waals surface area contributed by atoms with Crippen LogP contribution < -0.4 is 11.1 Å². The second-order valence-corrected chi connectivity index (χ2v) is 11.1. The van der Waals surface area contributed by atoms with E-state index in [4.69, 9.17) is 25.5 Å². The smallest absolute Gasteiger partial charge is 0.381 e. The minimum atomic E-state index is -4.35. The molecule has 4 fully saturated rings. The number of amides is 1. The Morgan fingerprint density at radius 3 is 2.44 bits per heavy atom. The Morgan fingerprint density at radius 1 is 1.11 bits per heavy atom. The van der Waals surface area contributed by atoms with Crippen molar-refractivity contribution in [1.29, 1.82) is 0 Å². The van der Waals surface area contributed by atoms with Crippen molar-refractivity contribution in [2.75, 3.05) is 19.8 Å². The van der Waals surface area contributed by atoms with E-state index in [1.165, 1.54) is 25.7 Å². The number of halogens is 3. The van der Waals surface area contributed by atoms with Gasteiger partial charge in [0.15, 0.2) is 0 Å². The molecule has 0 unspecified atom stereocenters. The molecule has 2 saturated carbocycles. The van der Waals surface area contributed by atoms with Crippen LogP contribution in [0.25, 0.3) is 5.78 Å². The number of nitrogens with zero attached hydrogens (tertiary/aromatic N) is 4. The van der Waals surface area contributed by atoms with E-state index in [0.717, 1.165) is 24.2 Å². The van der Waals surface area contributed by atoms with Gasteiger partial charge in [-0.3, -0.25) is 4.79 Å². The molecular formula is C25H33F3N6O2. The standard InChI is InChI=1S/C25H33F3N6O2/c26-25(27,28)17-9-16(23(35)30-11-17)10-18-22(15-5-7-36-8-6-15)32-24-31-19(12-34(24)33-18)21(29)20(13-1-2-13)14-3-4-14/h12-17,20-21H,1-11,29H2,(H,30,35)/t16-,17-,21-/m1/s1. The molecule has 3 N–H and O–H groups in total. The quantitative estimate of drug-likeness (QED) is 0.597. The molecule has 6 rings (SSSR count). The lowest BCUT2D eigenvalue weighted by atomic mass is 9.84. The van der Waals surface area contributed by atoms with Gasteiger partial charge < -0.3 is 15.8 Å². The molecule has 1 amide bonds. The first-order valence-electron chi connectivity index (χ1n) is 13.2. The zero-order valence-electron chi connectivity index (χ0n) is 20.2. The summed E-state index contributed by atoms with van der Waals surface area (Å²) in [6.07, 6.45) is 3.72. The van der Waals surface area contributed by atoms with Crippen LogP contribution in [0.4, 0.5) is 13.2 Å². The number of rotatable bonds is 7. The SMILES string of the molecule is N[C@H](c1cn2nc(C[C@H]3C[C@@H](C(F)(F)F)CNC3=O)c(C3CCOCC3)nc2n1)C(C1CC1)C1CC1. The number of ether oxygens (including phenoxy) is 1. The summed E-state index contributed by atoms with van der Waals surface area (Å²) < 4.78 is 47.3. The van der Waals surface area contributed by atoms with Gasteiger partial charge in [-0.05, 0) is 62.7 Å². The first-order chi connectivity index (χ1) is 17.3. The van der Waals surface area contributed by atoms with Crippen molar-refractivity contribution >= 4 is 11.7 Å². The maximum atomic E-state index is 13.4. The largest absolute Gasteiger partial charge is 0.393 e. The number of alkyl halides is 3. The number of hydrogen-bond donors (Lipinski definition) is 2. The van der Waals surface area contributed by atoms with Gasteiger partial charge in [-0.1, -0.05) is 0 Å². The van der Waals surface area contributed by atoms with Gasteiger partial charge >= 0.3 is 6.18 Å². The molecule has 2 saturated heterocycles. The number of nitrogens with two attached hydrogens (primary N) is 1. The van der Waals surface area contributed by atoms with E-state index < -0.39 is 18.0 Å². The molecule has 4 aliphatic rings. The number of fused-ring (bicyclic) bond motifs is 1. The predicted molar refractivity (Wildman–Crippen MR) is 124 cm³/mol. The van der Waals surface area contributed by atoms with E-state index in [9.17, 15) is 18.0 Å². The van der Waals surface area contributed by atoms with Gasteiger partial charge in [0.1, 0.15) is 0 Å². The molecule has 0 radical (unpaired) electrons. The Hall–Kier alpha value is -2.27. The summed E-state index contributed by atoms with van der Waals surface area (Å²) in [6.45, 7) is 0.806. The third-order valence-electron chi connectivity index (χ3n) is 8.50. The highest BCUT2D eigenvalue weighted by atomic mass is 19.4. The first kappa shape index (κ1) is 24.1. The van der Waals surface area contributed by atoms with Gasteiger partial charge in [0.2, 0.25) is 5.91 Å². The van der Waals surface area contributed by atoms with Crippen LogP contribution in [-0.2, 0) is 16.0 Å². The molecule has 196 valence electrons. The molecule has 2 aromatic heterocycles. The van der Waals surface area contributed by atoms with Crippen molar-refractivity contribution < 1.29 is 22.7 Å². The summed E-state index contributed by atoms with van der Waals surface area (Å²) in [5.41, 5.74) is 8.77. The van der Waals surface area contributed by atoms with Crippen molar-refractivity contribution in [3.8, 4) is 0 Å². The number of aromatic nitrogens is 4. The highest BCUT2D eigenvalue weighted by Crippen LogP contribution is 2.53. The minimum absolute atomic E-state index is 0.0656. The fourth-order valence-corrected chi connectivity index (χ4v) is 6.18. The summed E-state index contributed by atoms with van der Waals surface area (Å²) in [5.74, 6) is -0.447. The zero-order chi connectivity index (χ0) is 25.0. The molecule has 2 aromatic rings. The minimum Gasteiger partial charge on any atom is -0.381 e. The normalized spacial score (nSPS) is 27.0. The van der Waals surface area contributed by atoms with E-state index in [2.05, 4.69) is 5.32 Å². The third kappa shape index (κ3) is 4.83. The molecule has 0 aromatic carbocycles. The Balaban J connectivity index is 1.32. The number of imidazole rings is 1. The van der Waals surface area contributed by atoms with Crippen molar-refractivity contribution in [2.24, 2.45) is 35.3 Å². The van der Waals surface area contributed by atoms with Crippen molar-refractivity contribution in [1.82, 2.24) is 24.9 Å². The van der Waals surface area contributed by atoms with Crippen LogP contribution >= 0.6 is 0 Å². The van der Waals surface area contributed by atoms with Crippen LogP contribution in [0.5, 0.6) is 0 Å². The Labute approximate surface area is 207 Å². The molecule has 2 aliphatic heterocycles. The topological polar surface area (TPSA) is 107 Å². The maximum Gasteiger partial charge on any atom is 0.393 e. The fourth-order valence-electron chi connectivity index (χ4n) is 6.18. The van der Waals surface area contributed by atoms with Crippen LogP contribution in [-0.4, -0.2) is 51.4 Å². The van der Waals surface area contributed by atoms with E-state index in [1.807, 2.05) is 6.20 Å². The van der Waals surface area contributed by atoms with Crippen LogP contribution in [0.2, 0.25) is 0 Å². The number of carbonyl (C=O) groups is 1. The lowest BCUT2D eigenvalue weighted by molar-refractivity contribution is -0.183. The van der Waals surface area contributed by atoms with Crippen molar-refractivity contribution in [3.63, 3.8) is 0 Å². The van der Waals surface area contributed by atoms with E-state index in [-0.39, 0.29) is 37.3 Å². The van der Waals surface area contributed by atoms with E-state index >= 15 is 0 Å². The molecule has 36 heavy (non-hydrogen) atoms. The third-order valence-corrected chi connectivity index (χ3v) is 8.50. The van der Waals surface area contributed by atoms with Crippen LogP contribution in [0.15, 0.2) is 6.20 Å². The predicted octanol–water partition coefficient (Wildman–Crippen LogP) is 3.31. The molecule has 0 bridgehead atoms.